The van der Waals surface area contributed by atoms with Gasteiger partial charge in [0.15, 0.2) is 0 Å². The summed E-state index contributed by atoms with van der Waals surface area (Å²) in [5.41, 5.74) is 1.72. The molecule has 4 aromatic rings. The smallest absolute Gasteiger partial charge is 0.493 e. The van der Waals surface area contributed by atoms with E-state index in [2.05, 4.69) is 39.1 Å². The predicted octanol–water partition coefficient (Wildman–Crippen LogP) is 6.54. The molecule has 0 saturated carbocycles. The molecule has 29 heavy (non-hydrogen) atoms. The Labute approximate surface area is 176 Å². The zero-order chi connectivity index (χ0) is 20.2. The first-order chi connectivity index (χ1) is 14.1. The van der Waals surface area contributed by atoms with Gasteiger partial charge in [0, 0.05) is 26.3 Å². The van der Waals surface area contributed by atoms with Crippen LogP contribution >= 0.6 is 15.9 Å². The van der Waals surface area contributed by atoms with Gasteiger partial charge < -0.3 is 19.6 Å². The fourth-order valence-corrected chi connectivity index (χ4v) is 3.89. The van der Waals surface area contributed by atoms with E-state index < -0.39 is 6.16 Å². The number of carbonyl (C=O) groups is 1. The van der Waals surface area contributed by atoms with Gasteiger partial charge in [-0.25, -0.2) is 4.79 Å². The highest BCUT2D eigenvalue weighted by Crippen LogP contribution is 2.32. The van der Waals surface area contributed by atoms with Crippen molar-refractivity contribution in [2.24, 2.45) is 0 Å². The molecule has 0 atom stereocenters. The van der Waals surface area contributed by atoms with Gasteiger partial charge in [-0.3, -0.25) is 0 Å². The van der Waals surface area contributed by atoms with Crippen molar-refractivity contribution in [3.63, 3.8) is 0 Å². The summed E-state index contributed by atoms with van der Waals surface area (Å²) in [7, 11) is 0. The molecule has 0 spiro atoms. The van der Waals surface area contributed by atoms with Crippen LogP contribution in [-0.2, 0) is 6.42 Å². The van der Waals surface area contributed by atoms with E-state index in [-0.39, 0.29) is 0 Å². The van der Waals surface area contributed by atoms with Crippen LogP contribution in [0.1, 0.15) is 18.4 Å². The Kier molecular flexibility index (Phi) is 5.71. The fourth-order valence-electron chi connectivity index (χ4n) is 3.53. The molecule has 0 unspecified atom stereocenters. The van der Waals surface area contributed by atoms with Crippen LogP contribution < -0.4 is 9.47 Å². The maximum atomic E-state index is 11.0. The van der Waals surface area contributed by atoms with Crippen molar-refractivity contribution >= 4 is 43.8 Å². The molecule has 3 aromatic carbocycles. The van der Waals surface area contributed by atoms with E-state index in [1.165, 1.54) is 0 Å². The van der Waals surface area contributed by atoms with Crippen LogP contribution in [0.4, 0.5) is 4.79 Å². The summed E-state index contributed by atoms with van der Waals surface area (Å²) >= 11 is 3.47. The summed E-state index contributed by atoms with van der Waals surface area (Å²) in [4.78, 5) is 14.1. The SMILES string of the molecule is O=C(O)Oc1[nH]c2ccc(Br)cc2c1CCCCOc1cccc2ccccc12. The van der Waals surface area contributed by atoms with Crippen LogP contribution in [0, 0.1) is 0 Å². The molecule has 5 nitrogen and oxygen atoms in total. The lowest BCUT2D eigenvalue weighted by Crippen LogP contribution is -2.05. The van der Waals surface area contributed by atoms with Gasteiger partial charge >= 0.3 is 6.16 Å². The maximum absolute atomic E-state index is 11.0. The summed E-state index contributed by atoms with van der Waals surface area (Å²) in [6.07, 6.45) is 1.06. The van der Waals surface area contributed by atoms with Crippen LogP contribution in [0.15, 0.2) is 65.1 Å². The number of nitrogens with one attached hydrogen (secondary N) is 1. The van der Waals surface area contributed by atoms with Gasteiger partial charge in [-0.15, -0.1) is 0 Å². The number of aromatic nitrogens is 1. The number of aryl methyl sites for hydroxylation is 1. The Morgan fingerprint density at radius 2 is 1.83 bits per heavy atom. The normalized spacial score (nSPS) is 11.1. The van der Waals surface area contributed by atoms with E-state index in [1.54, 1.807) is 0 Å². The molecule has 0 fully saturated rings. The second kappa shape index (κ2) is 8.57. The lowest BCUT2D eigenvalue weighted by atomic mass is 10.1. The molecule has 148 valence electrons. The molecule has 6 heteroatoms. The van der Waals surface area contributed by atoms with E-state index in [1.807, 2.05) is 42.5 Å². The number of hydrogen-bond acceptors (Lipinski definition) is 3. The molecule has 0 aliphatic rings. The van der Waals surface area contributed by atoms with Crippen LogP contribution in [0.3, 0.4) is 0 Å². The van der Waals surface area contributed by atoms with Gasteiger partial charge in [-0.05, 0) is 48.9 Å². The Morgan fingerprint density at radius 1 is 1.00 bits per heavy atom. The fraction of sp³-hybridized carbons (Fsp3) is 0.174. The monoisotopic (exact) mass is 453 g/mol. The number of aromatic amines is 1. The van der Waals surface area contributed by atoms with Crippen LogP contribution in [0.2, 0.25) is 0 Å². The Morgan fingerprint density at radius 3 is 2.69 bits per heavy atom. The van der Waals surface area contributed by atoms with Crippen molar-refractivity contribution in [3.05, 3.63) is 70.7 Å². The molecule has 0 aliphatic carbocycles. The molecule has 4 rings (SSSR count). The molecule has 0 amide bonds. The number of ether oxygens (including phenoxy) is 2. The molecule has 0 aliphatic heterocycles. The minimum atomic E-state index is -1.32. The Bertz CT molecular complexity index is 1160. The lowest BCUT2D eigenvalue weighted by molar-refractivity contribution is 0.142. The first-order valence-corrected chi connectivity index (χ1v) is 10.2. The van der Waals surface area contributed by atoms with Crippen LogP contribution in [0.25, 0.3) is 21.7 Å². The third kappa shape index (κ3) is 4.38. The number of rotatable bonds is 7. The van der Waals surface area contributed by atoms with Gasteiger partial charge in [-0.2, -0.15) is 0 Å². The number of benzene rings is 3. The number of unbranched alkanes of at least 4 members (excludes halogenated alkanes) is 1. The number of halogens is 1. The van der Waals surface area contributed by atoms with Gasteiger partial charge in [0.25, 0.3) is 0 Å². The second-order valence-electron chi connectivity index (χ2n) is 6.77. The first kappa shape index (κ1) is 19.3. The van der Waals surface area contributed by atoms with Gasteiger partial charge in [0.1, 0.15) is 5.75 Å². The third-order valence-corrected chi connectivity index (χ3v) is 5.34. The topological polar surface area (TPSA) is 71.5 Å². The average molecular weight is 454 g/mol. The summed E-state index contributed by atoms with van der Waals surface area (Å²) < 4.78 is 11.9. The largest absolute Gasteiger partial charge is 0.512 e. The molecular formula is C23H20BrNO4. The lowest BCUT2D eigenvalue weighted by Gasteiger charge is -2.09. The highest BCUT2D eigenvalue weighted by molar-refractivity contribution is 9.10. The average Bonchev–Trinajstić information content (AvgIpc) is 3.03. The zero-order valence-electron chi connectivity index (χ0n) is 15.7. The summed E-state index contributed by atoms with van der Waals surface area (Å²) in [6, 6.07) is 20.0. The maximum Gasteiger partial charge on any atom is 0.512 e. The molecule has 1 heterocycles. The standard InChI is InChI=1S/C23H20BrNO4/c24-16-11-12-20-19(14-16)18(22(25-20)29-23(26)27)9-3-4-13-28-21-10-5-7-15-6-1-2-8-17(15)21/h1-2,5-8,10-12,14,25H,3-4,9,13H2,(H,26,27). The van der Waals surface area contributed by atoms with E-state index in [0.29, 0.717) is 18.9 Å². The predicted molar refractivity (Wildman–Crippen MR) is 117 cm³/mol. The van der Waals surface area contributed by atoms with Gasteiger partial charge in [0.05, 0.1) is 6.61 Å². The molecule has 1 aromatic heterocycles. The Balaban J connectivity index is 1.42. The van der Waals surface area contributed by atoms with E-state index in [0.717, 1.165) is 50.3 Å². The molecule has 0 radical (unpaired) electrons. The number of carboxylic acid groups (broad SMARTS) is 1. The summed E-state index contributed by atoms with van der Waals surface area (Å²) in [5.74, 6) is 1.18. The first-order valence-electron chi connectivity index (χ1n) is 9.43. The highest BCUT2D eigenvalue weighted by Gasteiger charge is 2.15. The van der Waals surface area contributed by atoms with Gasteiger partial charge in [0.2, 0.25) is 5.88 Å². The van der Waals surface area contributed by atoms with Crippen molar-refractivity contribution in [1.29, 1.82) is 0 Å². The van der Waals surface area contributed by atoms with Gasteiger partial charge in [-0.1, -0.05) is 52.3 Å². The van der Waals surface area contributed by atoms with Crippen molar-refractivity contribution in [2.45, 2.75) is 19.3 Å². The number of fused-ring (bicyclic) bond motifs is 2. The summed E-state index contributed by atoms with van der Waals surface area (Å²) in [6.45, 7) is 0.592. The van der Waals surface area contributed by atoms with Crippen molar-refractivity contribution in [1.82, 2.24) is 4.98 Å². The number of hydrogen-bond donors (Lipinski definition) is 2. The number of H-pyrrole nitrogens is 1. The van der Waals surface area contributed by atoms with Crippen LogP contribution in [0.5, 0.6) is 11.6 Å². The molecular weight excluding hydrogens is 434 g/mol. The molecule has 0 saturated heterocycles. The Hall–Kier alpha value is -2.99. The van der Waals surface area contributed by atoms with E-state index in [9.17, 15) is 4.79 Å². The molecule has 2 N–H and O–H groups in total. The second-order valence-corrected chi connectivity index (χ2v) is 7.69. The van der Waals surface area contributed by atoms with Crippen molar-refractivity contribution in [3.8, 4) is 11.6 Å². The molecule has 0 bridgehead atoms. The quantitative estimate of drug-likeness (QED) is 0.246. The van der Waals surface area contributed by atoms with Crippen LogP contribution in [-0.4, -0.2) is 22.9 Å². The van der Waals surface area contributed by atoms with Crippen molar-refractivity contribution < 1.29 is 19.4 Å². The minimum absolute atomic E-state index is 0.292. The highest BCUT2D eigenvalue weighted by atomic mass is 79.9. The van der Waals surface area contributed by atoms with Crippen molar-refractivity contribution in [2.75, 3.05) is 6.61 Å². The summed E-state index contributed by atoms with van der Waals surface area (Å²) in [5, 5.41) is 12.2. The van der Waals surface area contributed by atoms with E-state index >= 15 is 0 Å². The minimum Gasteiger partial charge on any atom is -0.493 e. The third-order valence-electron chi connectivity index (χ3n) is 4.85. The zero-order valence-corrected chi connectivity index (χ0v) is 17.2. The van der Waals surface area contributed by atoms with E-state index in [4.69, 9.17) is 14.6 Å².